The zero-order valence-corrected chi connectivity index (χ0v) is 11.7. The Bertz CT molecular complexity index is 249. The van der Waals surface area contributed by atoms with Crippen LogP contribution in [0.2, 0.25) is 0 Å². The fraction of sp³-hybridized carbons (Fsp3) is 0.923. The molecule has 1 aliphatic heterocycles. The highest BCUT2D eigenvalue weighted by Crippen LogP contribution is 2.24. The van der Waals surface area contributed by atoms with Gasteiger partial charge in [-0.15, -0.1) is 12.4 Å². The monoisotopic (exact) mass is 276 g/mol. The molecule has 18 heavy (non-hydrogen) atoms. The number of halogens is 1. The van der Waals surface area contributed by atoms with Crippen LogP contribution >= 0.6 is 12.4 Å². The molecule has 0 aromatic heterocycles. The highest BCUT2D eigenvalue weighted by atomic mass is 35.5. The summed E-state index contributed by atoms with van der Waals surface area (Å²) < 4.78 is 0. The van der Waals surface area contributed by atoms with E-state index in [1.54, 1.807) is 0 Å². The van der Waals surface area contributed by atoms with Crippen molar-refractivity contribution in [3.05, 3.63) is 0 Å². The lowest BCUT2D eigenvalue weighted by atomic mass is 9.86. The summed E-state index contributed by atoms with van der Waals surface area (Å²) in [6.45, 7) is 2.18. The van der Waals surface area contributed by atoms with E-state index in [2.05, 4.69) is 10.6 Å². The van der Waals surface area contributed by atoms with E-state index in [0.717, 1.165) is 51.6 Å². The van der Waals surface area contributed by atoms with Gasteiger partial charge in [-0.1, -0.05) is 0 Å². The Morgan fingerprint density at radius 1 is 1.22 bits per heavy atom. The average Bonchev–Trinajstić information content (AvgIpc) is 2.40. The lowest BCUT2D eigenvalue weighted by molar-refractivity contribution is -0.126. The molecule has 2 aliphatic rings. The molecule has 1 aliphatic carbocycles. The van der Waals surface area contributed by atoms with Gasteiger partial charge in [-0.05, 0) is 51.0 Å². The summed E-state index contributed by atoms with van der Waals surface area (Å²) in [6.07, 6.45) is 6.27. The van der Waals surface area contributed by atoms with E-state index >= 15 is 0 Å². The lowest BCUT2D eigenvalue weighted by Crippen LogP contribution is -2.45. The van der Waals surface area contributed by atoms with E-state index in [4.69, 9.17) is 5.11 Å². The molecule has 1 amide bonds. The number of rotatable bonds is 3. The number of nitrogens with one attached hydrogen (secondary N) is 2. The Morgan fingerprint density at radius 2 is 1.94 bits per heavy atom. The summed E-state index contributed by atoms with van der Waals surface area (Å²) in [7, 11) is 0. The molecule has 1 saturated heterocycles. The van der Waals surface area contributed by atoms with Crippen LogP contribution in [-0.2, 0) is 4.79 Å². The summed E-state index contributed by atoms with van der Waals surface area (Å²) in [5.74, 6) is 0.850. The Kier molecular flexibility index (Phi) is 6.97. The third-order valence-electron chi connectivity index (χ3n) is 4.12. The molecule has 5 heteroatoms. The van der Waals surface area contributed by atoms with Gasteiger partial charge < -0.3 is 15.7 Å². The van der Waals surface area contributed by atoms with E-state index in [-0.39, 0.29) is 24.2 Å². The molecule has 1 atom stereocenters. The van der Waals surface area contributed by atoms with Crippen molar-refractivity contribution >= 4 is 18.3 Å². The SMILES string of the molecule is Cl.O=C(N[C@H]1CC[C@H](CO)CC1)[C@H]1CCCNC1. The number of piperidine rings is 1. The van der Waals surface area contributed by atoms with Gasteiger partial charge in [-0.2, -0.15) is 0 Å². The predicted molar refractivity (Wildman–Crippen MR) is 73.8 cm³/mol. The average molecular weight is 277 g/mol. The topological polar surface area (TPSA) is 61.4 Å². The second kappa shape index (κ2) is 7.97. The molecule has 4 nitrogen and oxygen atoms in total. The number of aliphatic hydroxyl groups excluding tert-OH is 1. The largest absolute Gasteiger partial charge is 0.396 e. The second-order valence-corrected chi connectivity index (χ2v) is 5.45. The molecule has 1 saturated carbocycles. The maximum absolute atomic E-state index is 12.0. The molecule has 0 radical (unpaired) electrons. The lowest BCUT2D eigenvalue weighted by Gasteiger charge is -2.30. The molecule has 1 heterocycles. The Morgan fingerprint density at radius 3 is 2.50 bits per heavy atom. The Balaban J connectivity index is 0.00000162. The molecular weight excluding hydrogens is 252 g/mol. The highest BCUT2D eigenvalue weighted by molar-refractivity contribution is 5.85. The van der Waals surface area contributed by atoms with Gasteiger partial charge >= 0.3 is 0 Å². The molecule has 0 bridgehead atoms. The van der Waals surface area contributed by atoms with Gasteiger partial charge in [0.05, 0.1) is 5.92 Å². The van der Waals surface area contributed by atoms with E-state index in [1.807, 2.05) is 0 Å². The maximum Gasteiger partial charge on any atom is 0.224 e. The van der Waals surface area contributed by atoms with Crippen LogP contribution in [0.4, 0.5) is 0 Å². The van der Waals surface area contributed by atoms with E-state index in [0.29, 0.717) is 18.6 Å². The minimum atomic E-state index is 0. The minimum Gasteiger partial charge on any atom is -0.396 e. The number of aliphatic hydroxyl groups is 1. The molecule has 0 aromatic carbocycles. The number of carbonyl (C=O) groups excluding carboxylic acids is 1. The molecule has 3 N–H and O–H groups in total. The van der Waals surface area contributed by atoms with Gasteiger partial charge in [-0.3, -0.25) is 4.79 Å². The first-order chi connectivity index (χ1) is 8.29. The molecule has 0 unspecified atom stereocenters. The summed E-state index contributed by atoms with van der Waals surface area (Å²) in [6, 6.07) is 0.340. The molecule has 0 spiro atoms. The number of hydrogen-bond donors (Lipinski definition) is 3. The first-order valence-electron chi connectivity index (χ1n) is 6.91. The van der Waals surface area contributed by atoms with Gasteiger partial charge in [0.15, 0.2) is 0 Å². The fourth-order valence-electron chi connectivity index (χ4n) is 2.88. The Hall–Kier alpha value is -0.320. The van der Waals surface area contributed by atoms with Crippen LogP contribution in [0.25, 0.3) is 0 Å². The highest BCUT2D eigenvalue weighted by Gasteiger charge is 2.26. The maximum atomic E-state index is 12.0. The van der Waals surface area contributed by atoms with Gasteiger partial charge in [0.1, 0.15) is 0 Å². The van der Waals surface area contributed by atoms with Crippen LogP contribution < -0.4 is 10.6 Å². The number of carbonyl (C=O) groups is 1. The summed E-state index contributed by atoms with van der Waals surface area (Å²) in [4.78, 5) is 12.0. The van der Waals surface area contributed by atoms with Crippen LogP contribution in [0.5, 0.6) is 0 Å². The van der Waals surface area contributed by atoms with Crippen LogP contribution in [0.3, 0.4) is 0 Å². The van der Waals surface area contributed by atoms with Gasteiger partial charge in [0, 0.05) is 19.2 Å². The van der Waals surface area contributed by atoms with Crippen molar-refractivity contribution in [3.8, 4) is 0 Å². The number of hydrogen-bond acceptors (Lipinski definition) is 3. The molecule has 2 rings (SSSR count). The van der Waals surface area contributed by atoms with Crippen molar-refractivity contribution in [3.63, 3.8) is 0 Å². The van der Waals surface area contributed by atoms with Gasteiger partial charge in [0.2, 0.25) is 5.91 Å². The quantitative estimate of drug-likeness (QED) is 0.723. The standard InChI is InChI=1S/C13H24N2O2.ClH/c16-9-10-3-5-12(6-4-10)15-13(17)11-2-1-7-14-8-11;/h10-12,14,16H,1-9H2,(H,15,17);1H/t10-,11-,12-;/m0./s1. The molecule has 106 valence electrons. The second-order valence-electron chi connectivity index (χ2n) is 5.45. The van der Waals surface area contributed by atoms with Crippen molar-refractivity contribution in [2.24, 2.45) is 11.8 Å². The molecule has 0 aromatic rings. The van der Waals surface area contributed by atoms with Crippen molar-refractivity contribution < 1.29 is 9.90 Å². The third-order valence-corrected chi connectivity index (χ3v) is 4.12. The van der Waals surface area contributed by atoms with Crippen molar-refractivity contribution in [2.75, 3.05) is 19.7 Å². The predicted octanol–water partition coefficient (Wildman–Crippen LogP) is 1.08. The normalized spacial score (nSPS) is 32.4. The summed E-state index contributed by atoms with van der Waals surface area (Å²) in [5.41, 5.74) is 0. The Labute approximate surface area is 115 Å². The van der Waals surface area contributed by atoms with Gasteiger partial charge in [-0.25, -0.2) is 0 Å². The zero-order valence-electron chi connectivity index (χ0n) is 10.9. The van der Waals surface area contributed by atoms with E-state index in [9.17, 15) is 4.79 Å². The van der Waals surface area contributed by atoms with E-state index < -0.39 is 0 Å². The smallest absolute Gasteiger partial charge is 0.224 e. The summed E-state index contributed by atoms with van der Waals surface area (Å²) in [5, 5.41) is 15.5. The van der Waals surface area contributed by atoms with Gasteiger partial charge in [0.25, 0.3) is 0 Å². The summed E-state index contributed by atoms with van der Waals surface area (Å²) >= 11 is 0. The first kappa shape index (κ1) is 15.7. The third kappa shape index (κ3) is 4.41. The molecule has 2 fully saturated rings. The van der Waals surface area contributed by atoms with Crippen LogP contribution in [0.15, 0.2) is 0 Å². The first-order valence-corrected chi connectivity index (χ1v) is 6.91. The van der Waals surface area contributed by atoms with Crippen molar-refractivity contribution in [1.82, 2.24) is 10.6 Å². The van der Waals surface area contributed by atoms with Crippen LogP contribution in [0, 0.1) is 11.8 Å². The minimum absolute atomic E-state index is 0. The van der Waals surface area contributed by atoms with Crippen molar-refractivity contribution in [1.29, 1.82) is 0 Å². The van der Waals surface area contributed by atoms with Crippen molar-refractivity contribution in [2.45, 2.75) is 44.6 Å². The molecular formula is C13H25ClN2O2. The van der Waals surface area contributed by atoms with E-state index in [1.165, 1.54) is 0 Å². The van der Waals surface area contributed by atoms with Crippen LogP contribution in [-0.4, -0.2) is 36.8 Å². The zero-order chi connectivity index (χ0) is 12.1. The number of amides is 1. The fourth-order valence-corrected chi connectivity index (χ4v) is 2.88. The van der Waals surface area contributed by atoms with Crippen LogP contribution in [0.1, 0.15) is 38.5 Å².